The number of rotatable bonds is 0. The lowest BCUT2D eigenvalue weighted by Crippen LogP contribution is -1.84. The van der Waals surface area contributed by atoms with Crippen molar-refractivity contribution < 1.29 is 0 Å². The molecule has 0 atom stereocenters. The summed E-state index contributed by atoms with van der Waals surface area (Å²) in [6.07, 6.45) is 4.86. The fraction of sp³-hybridized carbons (Fsp3) is 0.0417. The molecule has 0 amide bonds. The van der Waals surface area contributed by atoms with Crippen molar-refractivity contribution in [2.24, 2.45) is 0 Å². The molecule has 1 aliphatic rings. The molecule has 0 spiro atoms. The Hall–Kier alpha value is -3.19. The normalized spacial score (nSPS) is 12.6. The first kappa shape index (κ1) is 13.1. The van der Waals surface area contributed by atoms with Crippen LogP contribution in [0.25, 0.3) is 43.4 Å². The summed E-state index contributed by atoms with van der Waals surface area (Å²) >= 11 is 0. The highest BCUT2D eigenvalue weighted by Gasteiger charge is 2.21. The molecule has 5 aromatic rings. The molecule has 1 aromatic heterocycles. The first-order chi connectivity index (χ1) is 12.4. The van der Waals surface area contributed by atoms with Gasteiger partial charge in [0.15, 0.2) is 0 Å². The predicted molar refractivity (Wildman–Crippen MR) is 105 cm³/mol. The SMILES string of the molecule is c1ccc2cc3c4c(ccc3cc2c1)Cc1cc2ccncc2cc1-4. The fourth-order valence-electron chi connectivity index (χ4n) is 4.29. The highest BCUT2D eigenvalue weighted by atomic mass is 14.6. The quantitative estimate of drug-likeness (QED) is 0.308. The minimum absolute atomic E-state index is 1.02. The molecule has 0 aliphatic heterocycles. The van der Waals surface area contributed by atoms with Crippen LogP contribution in [-0.4, -0.2) is 4.98 Å². The predicted octanol–water partition coefficient (Wildman–Crippen LogP) is 6.11. The van der Waals surface area contributed by atoms with E-state index in [-0.39, 0.29) is 0 Å². The molecule has 4 aromatic carbocycles. The maximum Gasteiger partial charge on any atom is 0.0346 e. The van der Waals surface area contributed by atoms with Crippen LogP contribution < -0.4 is 0 Å². The van der Waals surface area contributed by atoms with E-state index in [9.17, 15) is 0 Å². The molecule has 0 bridgehead atoms. The molecule has 0 N–H and O–H groups in total. The second-order valence-electron chi connectivity index (χ2n) is 6.93. The van der Waals surface area contributed by atoms with Gasteiger partial charge in [0.2, 0.25) is 0 Å². The lowest BCUT2D eigenvalue weighted by atomic mass is 9.94. The van der Waals surface area contributed by atoms with Crippen LogP contribution in [0, 0.1) is 0 Å². The van der Waals surface area contributed by atoms with Gasteiger partial charge < -0.3 is 0 Å². The largest absolute Gasteiger partial charge is 0.264 e. The van der Waals surface area contributed by atoms with Gasteiger partial charge in [0, 0.05) is 17.8 Å². The molecule has 116 valence electrons. The minimum Gasteiger partial charge on any atom is -0.264 e. The van der Waals surface area contributed by atoms with E-state index in [1.54, 1.807) is 0 Å². The van der Waals surface area contributed by atoms with E-state index >= 15 is 0 Å². The topological polar surface area (TPSA) is 12.9 Å². The summed E-state index contributed by atoms with van der Waals surface area (Å²) in [5.74, 6) is 0. The van der Waals surface area contributed by atoms with Gasteiger partial charge in [0.1, 0.15) is 0 Å². The molecule has 0 saturated heterocycles. The number of pyridine rings is 1. The zero-order valence-electron chi connectivity index (χ0n) is 13.7. The van der Waals surface area contributed by atoms with Gasteiger partial charge in [0.25, 0.3) is 0 Å². The molecule has 6 rings (SSSR count). The number of hydrogen-bond acceptors (Lipinski definition) is 1. The lowest BCUT2D eigenvalue weighted by Gasteiger charge is -2.09. The summed E-state index contributed by atoms with van der Waals surface area (Å²) < 4.78 is 0. The molecular weight excluding hydrogens is 302 g/mol. The second-order valence-corrected chi connectivity index (χ2v) is 6.93. The van der Waals surface area contributed by atoms with Gasteiger partial charge in [-0.15, -0.1) is 0 Å². The third kappa shape index (κ3) is 1.81. The number of aromatic nitrogens is 1. The van der Waals surface area contributed by atoms with Crippen LogP contribution in [-0.2, 0) is 6.42 Å². The van der Waals surface area contributed by atoms with Crippen molar-refractivity contribution in [1.29, 1.82) is 0 Å². The maximum absolute atomic E-state index is 4.30. The second kappa shape index (κ2) is 4.67. The van der Waals surface area contributed by atoms with Crippen LogP contribution in [0.1, 0.15) is 11.1 Å². The Morgan fingerprint density at radius 3 is 2.40 bits per heavy atom. The number of nitrogens with zero attached hydrogens (tertiary/aromatic N) is 1. The molecule has 1 aliphatic carbocycles. The Balaban J connectivity index is 1.74. The molecule has 1 heteroatoms. The van der Waals surface area contributed by atoms with Gasteiger partial charge in [-0.05, 0) is 79.9 Å². The molecule has 25 heavy (non-hydrogen) atoms. The van der Waals surface area contributed by atoms with Crippen molar-refractivity contribution in [3.63, 3.8) is 0 Å². The van der Waals surface area contributed by atoms with Crippen LogP contribution in [0.2, 0.25) is 0 Å². The molecule has 0 fully saturated rings. The van der Waals surface area contributed by atoms with E-state index in [2.05, 4.69) is 71.7 Å². The zero-order chi connectivity index (χ0) is 16.4. The Kier molecular flexibility index (Phi) is 2.46. The Labute approximate surface area is 145 Å². The average molecular weight is 317 g/mol. The summed E-state index contributed by atoms with van der Waals surface area (Å²) in [6.45, 7) is 0. The van der Waals surface area contributed by atoms with E-state index < -0.39 is 0 Å². The van der Waals surface area contributed by atoms with Gasteiger partial charge in [-0.3, -0.25) is 4.98 Å². The molecule has 1 nitrogen and oxygen atoms in total. The smallest absolute Gasteiger partial charge is 0.0346 e. The third-order valence-electron chi connectivity index (χ3n) is 5.49. The van der Waals surface area contributed by atoms with Crippen molar-refractivity contribution >= 4 is 32.3 Å². The van der Waals surface area contributed by atoms with Crippen LogP contribution in [0.5, 0.6) is 0 Å². The van der Waals surface area contributed by atoms with Gasteiger partial charge in [-0.25, -0.2) is 0 Å². The molecule has 0 radical (unpaired) electrons. The fourth-order valence-corrected chi connectivity index (χ4v) is 4.29. The molecule has 0 saturated carbocycles. The van der Waals surface area contributed by atoms with E-state index in [0.29, 0.717) is 0 Å². The van der Waals surface area contributed by atoms with E-state index in [1.165, 1.54) is 54.6 Å². The zero-order valence-corrected chi connectivity index (χ0v) is 13.7. The first-order valence-corrected chi connectivity index (χ1v) is 8.68. The summed E-state index contributed by atoms with van der Waals surface area (Å²) in [7, 11) is 0. The lowest BCUT2D eigenvalue weighted by molar-refractivity contribution is 1.27. The van der Waals surface area contributed by atoms with Gasteiger partial charge >= 0.3 is 0 Å². The molecular formula is C24H15N. The van der Waals surface area contributed by atoms with Crippen LogP contribution in [0.4, 0.5) is 0 Å². The Bertz CT molecular complexity index is 1310. The molecule has 1 heterocycles. The monoisotopic (exact) mass is 317 g/mol. The van der Waals surface area contributed by atoms with Gasteiger partial charge in [-0.1, -0.05) is 42.5 Å². The van der Waals surface area contributed by atoms with E-state index in [0.717, 1.165) is 6.42 Å². The molecule has 0 unspecified atom stereocenters. The van der Waals surface area contributed by atoms with Crippen molar-refractivity contribution in [3.8, 4) is 11.1 Å². The number of hydrogen-bond donors (Lipinski definition) is 0. The maximum atomic E-state index is 4.30. The summed E-state index contributed by atoms with van der Waals surface area (Å²) in [6, 6.07) is 24.6. The highest BCUT2D eigenvalue weighted by molar-refractivity contribution is 6.08. The van der Waals surface area contributed by atoms with E-state index in [4.69, 9.17) is 0 Å². The van der Waals surface area contributed by atoms with Crippen molar-refractivity contribution in [2.75, 3.05) is 0 Å². The third-order valence-corrected chi connectivity index (χ3v) is 5.49. The van der Waals surface area contributed by atoms with Crippen LogP contribution in [0.3, 0.4) is 0 Å². The highest BCUT2D eigenvalue weighted by Crippen LogP contribution is 2.43. The average Bonchev–Trinajstić information content (AvgIpc) is 3.02. The summed E-state index contributed by atoms with van der Waals surface area (Å²) in [5, 5.41) is 7.77. The van der Waals surface area contributed by atoms with Crippen LogP contribution >= 0.6 is 0 Å². The summed E-state index contributed by atoms with van der Waals surface area (Å²) in [5.41, 5.74) is 5.63. The standard InChI is InChI=1S/C24H15N/c1-2-4-16-12-22-18(9-15(16)3-1)5-6-19-11-20-10-17-7-8-25-14-21(17)13-23(20)24(19)22/h1-10,12-14H,11H2. The van der Waals surface area contributed by atoms with Gasteiger partial charge in [-0.2, -0.15) is 0 Å². The summed E-state index contributed by atoms with van der Waals surface area (Å²) in [4.78, 5) is 4.30. The minimum atomic E-state index is 1.02. The van der Waals surface area contributed by atoms with Crippen molar-refractivity contribution in [2.45, 2.75) is 6.42 Å². The Morgan fingerprint density at radius 1 is 0.640 bits per heavy atom. The van der Waals surface area contributed by atoms with Crippen LogP contribution in [0.15, 0.2) is 79.1 Å². The number of fused-ring (bicyclic) bond motifs is 7. The van der Waals surface area contributed by atoms with Crippen molar-refractivity contribution in [1.82, 2.24) is 4.98 Å². The first-order valence-electron chi connectivity index (χ1n) is 8.68. The van der Waals surface area contributed by atoms with Gasteiger partial charge in [0.05, 0.1) is 0 Å². The van der Waals surface area contributed by atoms with E-state index in [1.807, 2.05) is 12.4 Å². The van der Waals surface area contributed by atoms with Crippen molar-refractivity contribution in [3.05, 3.63) is 90.3 Å². The number of benzene rings is 4. The Morgan fingerprint density at radius 2 is 1.48 bits per heavy atom.